The SMILES string of the molecule is CC(O)CNCCc1ccc(Cl)cc1Cl. The molecule has 0 amide bonds. The lowest BCUT2D eigenvalue weighted by atomic mass is 10.1. The van der Waals surface area contributed by atoms with E-state index in [-0.39, 0.29) is 6.10 Å². The van der Waals surface area contributed by atoms with Crippen LogP contribution >= 0.6 is 23.2 Å². The van der Waals surface area contributed by atoms with Gasteiger partial charge in [0.1, 0.15) is 0 Å². The van der Waals surface area contributed by atoms with Gasteiger partial charge in [0.15, 0.2) is 0 Å². The van der Waals surface area contributed by atoms with E-state index < -0.39 is 0 Å². The lowest BCUT2D eigenvalue weighted by Crippen LogP contribution is -2.26. The van der Waals surface area contributed by atoms with E-state index in [2.05, 4.69) is 5.32 Å². The summed E-state index contributed by atoms with van der Waals surface area (Å²) in [4.78, 5) is 0. The summed E-state index contributed by atoms with van der Waals surface area (Å²) in [7, 11) is 0. The molecule has 1 rings (SSSR count). The highest BCUT2D eigenvalue weighted by Gasteiger charge is 2.01. The monoisotopic (exact) mass is 247 g/mol. The van der Waals surface area contributed by atoms with Gasteiger partial charge in [0.2, 0.25) is 0 Å². The van der Waals surface area contributed by atoms with Crippen molar-refractivity contribution in [3.05, 3.63) is 33.8 Å². The van der Waals surface area contributed by atoms with Crippen LogP contribution in [0.25, 0.3) is 0 Å². The summed E-state index contributed by atoms with van der Waals surface area (Å²) in [5.41, 5.74) is 1.07. The van der Waals surface area contributed by atoms with E-state index in [4.69, 9.17) is 28.3 Å². The van der Waals surface area contributed by atoms with Crippen molar-refractivity contribution in [3.63, 3.8) is 0 Å². The molecule has 0 spiro atoms. The summed E-state index contributed by atoms with van der Waals surface area (Å²) in [6, 6.07) is 5.50. The Morgan fingerprint density at radius 3 is 2.73 bits per heavy atom. The lowest BCUT2D eigenvalue weighted by molar-refractivity contribution is 0.191. The van der Waals surface area contributed by atoms with Crippen molar-refractivity contribution in [3.8, 4) is 0 Å². The van der Waals surface area contributed by atoms with Crippen LogP contribution in [-0.2, 0) is 6.42 Å². The maximum Gasteiger partial charge on any atom is 0.0636 e. The zero-order valence-electron chi connectivity index (χ0n) is 8.63. The second kappa shape index (κ2) is 6.33. The number of aliphatic hydroxyl groups is 1. The van der Waals surface area contributed by atoms with Crippen molar-refractivity contribution in [2.45, 2.75) is 19.4 Å². The Hall–Kier alpha value is -0.280. The third-order valence-electron chi connectivity index (χ3n) is 2.03. The summed E-state index contributed by atoms with van der Waals surface area (Å²) in [6.45, 7) is 3.15. The molecule has 0 aliphatic heterocycles. The van der Waals surface area contributed by atoms with Crippen LogP contribution in [0.4, 0.5) is 0 Å². The second-order valence-corrected chi connectivity index (χ2v) is 4.38. The third kappa shape index (κ3) is 4.85. The first kappa shape index (κ1) is 12.8. The van der Waals surface area contributed by atoms with Gasteiger partial charge < -0.3 is 10.4 Å². The minimum Gasteiger partial charge on any atom is -0.392 e. The number of rotatable bonds is 5. The Balaban J connectivity index is 2.37. The Morgan fingerprint density at radius 2 is 2.13 bits per heavy atom. The van der Waals surface area contributed by atoms with Crippen LogP contribution in [0.1, 0.15) is 12.5 Å². The van der Waals surface area contributed by atoms with Crippen LogP contribution in [0.3, 0.4) is 0 Å². The summed E-state index contributed by atoms with van der Waals surface area (Å²) < 4.78 is 0. The molecule has 4 heteroatoms. The Bertz CT molecular complexity index is 315. The quantitative estimate of drug-likeness (QED) is 0.785. The molecule has 0 aliphatic carbocycles. The van der Waals surface area contributed by atoms with Crippen molar-refractivity contribution in [1.82, 2.24) is 5.32 Å². The van der Waals surface area contributed by atoms with Gasteiger partial charge in [-0.15, -0.1) is 0 Å². The minimum absolute atomic E-state index is 0.314. The molecule has 15 heavy (non-hydrogen) atoms. The largest absolute Gasteiger partial charge is 0.392 e. The van der Waals surface area contributed by atoms with E-state index in [9.17, 15) is 0 Å². The van der Waals surface area contributed by atoms with E-state index in [1.165, 1.54) is 0 Å². The zero-order chi connectivity index (χ0) is 11.3. The Morgan fingerprint density at radius 1 is 1.40 bits per heavy atom. The highest BCUT2D eigenvalue weighted by molar-refractivity contribution is 6.35. The molecule has 2 N–H and O–H groups in total. The first-order chi connectivity index (χ1) is 7.09. The summed E-state index contributed by atoms with van der Waals surface area (Å²) >= 11 is 11.8. The molecule has 1 atom stereocenters. The second-order valence-electron chi connectivity index (χ2n) is 3.54. The number of hydrogen-bond acceptors (Lipinski definition) is 2. The van der Waals surface area contributed by atoms with Crippen LogP contribution < -0.4 is 5.32 Å². The minimum atomic E-state index is -0.314. The third-order valence-corrected chi connectivity index (χ3v) is 2.61. The van der Waals surface area contributed by atoms with Crippen molar-refractivity contribution >= 4 is 23.2 Å². The van der Waals surface area contributed by atoms with Crippen LogP contribution in [-0.4, -0.2) is 24.3 Å². The van der Waals surface area contributed by atoms with E-state index in [1.807, 2.05) is 12.1 Å². The lowest BCUT2D eigenvalue weighted by Gasteiger charge is -2.08. The molecule has 0 aromatic heterocycles. The van der Waals surface area contributed by atoms with Crippen LogP contribution in [0.5, 0.6) is 0 Å². The highest BCUT2D eigenvalue weighted by atomic mass is 35.5. The standard InChI is InChI=1S/C11H15Cl2NO/c1-8(15)7-14-5-4-9-2-3-10(12)6-11(9)13/h2-3,6,8,14-15H,4-5,7H2,1H3. The maximum atomic E-state index is 9.03. The molecular weight excluding hydrogens is 233 g/mol. The predicted molar refractivity (Wildman–Crippen MR) is 64.7 cm³/mol. The molecule has 1 aromatic rings. The molecule has 2 nitrogen and oxygen atoms in total. The molecule has 0 aliphatic rings. The summed E-state index contributed by atoms with van der Waals surface area (Å²) in [5, 5.41) is 13.5. The number of aliphatic hydroxyl groups excluding tert-OH is 1. The number of benzene rings is 1. The van der Waals surface area contributed by atoms with Gasteiger partial charge in [0.05, 0.1) is 6.10 Å². The Kier molecular flexibility index (Phi) is 5.40. The van der Waals surface area contributed by atoms with Crippen LogP contribution in [0, 0.1) is 0 Å². The smallest absolute Gasteiger partial charge is 0.0636 e. The summed E-state index contributed by atoms with van der Waals surface area (Å²) in [5.74, 6) is 0. The summed E-state index contributed by atoms with van der Waals surface area (Å²) in [6.07, 6.45) is 0.522. The van der Waals surface area contributed by atoms with Crippen molar-refractivity contribution in [2.75, 3.05) is 13.1 Å². The van der Waals surface area contributed by atoms with Crippen LogP contribution in [0.2, 0.25) is 10.0 Å². The van der Waals surface area contributed by atoms with Gasteiger partial charge in [-0.05, 0) is 37.6 Å². The predicted octanol–water partition coefficient (Wildman–Crippen LogP) is 2.51. The first-order valence-electron chi connectivity index (χ1n) is 4.92. The fourth-order valence-electron chi connectivity index (χ4n) is 1.26. The van der Waals surface area contributed by atoms with E-state index in [0.717, 1.165) is 18.5 Å². The average molecular weight is 248 g/mol. The van der Waals surface area contributed by atoms with Crippen molar-refractivity contribution < 1.29 is 5.11 Å². The van der Waals surface area contributed by atoms with Gasteiger partial charge in [-0.2, -0.15) is 0 Å². The molecule has 0 radical (unpaired) electrons. The maximum absolute atomic E-state index is 9.03. The van der Waals surface area contributed by atoms with Gasteiger partial charge >= 0.3 is 0 Å². The average Bonchev–Trinajstić information content (AvgIpc) is 2.14. The van der Waals surface area contributed by atoms with E-state index in [0.29, 0.717) is 16.6 Å². The fraction of sp³-hybridized carbons (Fsp3) is 0.455. The molecule has 0 fully saturated rings. The first-order valence-corrected chi connectivity index (χ1v) is 5.68. The van der Waals surface area contributed by atoms with Crippen molar-refractivity contribution in [1.29, 1.82) is 0 Å². The molecule has 84 valence electrons. The van der Waals surface area contributed by atoms with Gasteiger partial charge in [-0.25, -0.2) is 0 Å². The van der Waals surface area contributed by atoms with Gasteiger partial charge in [-0.3, -0.25) is 0 Å². The van der Waals surface area contributed by atoms with Gasteiger partial charge in [0, 0.05) is 16.6 Å². The van der Waals surface area contributed by atoms with E-state index in [1.54, 1.807) is 13.0 Å². The highest BCUT2D eigenvalue weighted by Crippen LogP contribution is 2.20. The van der Waals surface area contributed by atoms with Gasteiger partial charge in [0.25, 0.3) is 0 Å². The molecule has 1 aromatic carbocycles. The number of nitrogens with one attached hydrogen (secondary N) is 1. The topological polar surface area (TPSA) is 32.3 Å². The molecular formula is C11H15Cl2NO. The van der Waals surface area contributed by atoms with Gasteiger partial charge in [-0.1, -0.05) is 29.3 Å². The molecule has 0 heterocycles. The Labute approximate surface area is 100 Å². The van der Waals surface area contributed by atoms with Crippen LogP contribution in [0.15, 0.2) is 18.2 Å². The number of hydrogen-bond donors (Lipinski definition) is 2. The van der Waals surface area contributed by atoms with Crippen molar-refractivity contribution in [2.24, 2.45) is 0 Å². The number of halogens is 2. The molecule has 1 unspecified atom stereocenters. The molecule has 0 saturated carbocycles. The van der Waals surface area contributed by atoms with E-state index >= 15 is 0 Å². The molecule has 0 saturated heterocycles. The normalized spacial score (nSPS) is 12.8. The molecule has 0 bridgehead atoms. The fourth-order valence-corrected chi connectivity index (χ4v) is 1.76. The zero-order valence-corrected chi connectivity index (χ0v) is 10.1.